The van der Waals surface area contributed by atoms with Crippen molar-refractivity contribution in [3.63, 3.8) is 0 Å². The van der Waals surface area contributed by atoms with Crippen LogP contribution >= 0.6 is 0 Å². The Labute approximate surface area is 178 Å². The van der Waals surface area contributed by atoms with Crippen LogP contribution in [0.25, 0.3) is 0 Å². The second-order valence-electron chi connectivity index (χ2n) is 9.19. The highest BCUT2D eigenvalue weighted by molar-refractivity contribution is 5.93. The summed E-state index contributed by atoms with van der Waals surface area (Å²) in [6, 6.07) is -3.21. The largest absolute Gasteiger partial charge is 0.444 e. The quantitative estimate of drug-likeness (QED) is 0.337. The minimum atomic E-state index is -1.29. The van der Waals surface area contributed by atoms with Crippen LogP contribution in [0.3, 0.4) is 0 Å². The molecule has 4 amide bonds. The molecule has 30 heavy (non-hydrogen) atoms. The van der Waals surface area contributed by atoms with E-state index in [0.29, 0.717) is 0 Å². The number of aliphatic hydroxyl groups excluding tert-OH is 1. The number of carbonyl (C=O) groups is 4. The summed E-state index contributed by atoms with van der Waals surface area (Å²) in [5.74, 6) is -2.35. The third kappa shape index (κ3) is 10.4. The maximum Gasteiger partial charge on any atom is 0.408 e. The number of nitrogens with one attached hydrogen (secondary N) is 3. The molecule has 174 valence electrons. The summed E-state index contributed by atoms with van der Waals surface area (Å²) in [6.07, 6.45) is -1.66. The SMILES string of the molecule is CC(C)C[C@H](NC(=O)[C@@H](NC(=O)OC(C)(C)C)C(C)C)C(=O)N[C@H](C(N)=O)[C@@H](C)O. The van der Waals surface area contributed by atoms with Gasteiger partial charge in [-0.15, -0.1) is 0 Å². The predicted octanol–water partition coefficient (Wildman–Crippen LogP) is 0.418. The van der Waals surface area contributed by atoms with Crippen molar-refractivity contribution in [2.24, 2.45) is 17.6 Å². The molecular formula is C20H38N4O6. The summed E-state index contributed by atoms with van der Waals surface area (Å²) in [7, 11) is 0. The third-order valence-corrected chi connectivity index (χ3v) is 4.05. The fourth-order valence-corrected chi connectivity index (χ4v) is 2.62. The molecule has 0 fully saturated rings. The summed E-state index contributed by atoms with van der Waals surface area (Å²) in [4.78, 5) is 49.1. The van der Waals surface area contributed by atoms with Gasteiger partial charge in [0.25, 0.3) is 0 Å². The van der Waals surface area contributed by atoms with Crippen molar-refractivity contribution >= 4 is 23.8 Å². The fraction of sp³-hybridized carbons (Fsp3) is 0.800. The lowest BCUT2D eigenvalue weighted by atomic mass is 9.99. The smallest absolute Gasteiger partial charge is 0.408 e. The molecule has 10 heteroatoms. The van der Waals surface area contributed by atoms with Gasteiger partial charge in [-0.3, -0.25) is 14.4 Å². The van der Waals surface area contributed by atoms with E-state index in [9.17, 15) is 24.3 Å². The number of alkyl carbamates (subject to hydrolysis) is 1. The van der Waals surface area contributed by atoms with E-state index < -0.39 is 53.6 Å². The standard InChI is InChI=1S/C20H38N4O6/c1-10(2)9-13(17(27)23-15(12(5)25)16(21)26)22-18(28)14(11(3)4)24-19(29)30-20(6,7)8/h10-15,25H,9H2,1-8H3,(H2,21,26)(H,22,28)(H,23,27)(H,24,29)/t12-,13+,14+,15+/m1/s1. The Morgan fingerprint density at radius 1 is 0.900 bits per heavy atom. The number of nitrogens with two attached hydrogens (primary N) is 1. The number of carbonyl (C=O) groups excluding carboxylic acids is 4. The second-order valence-corrected chi connectivity index (χ2v) is 9.19. The number of hydrogen-bond acceptors (Lipinski definition) is 6. The lowest BCUT2D eigenvalue weighted by molar-refractivity contribution is -0.134. The molecule has 0 radical (unpaired) electrons. The van der Waals surface area contributed by atoms with Gasteiger partial charge >= 0.3 is 6.09 Å². The Hall–Kier alpha value is -2.36. The summed E-state index contributed by atoms with van der Waals surface area (Å²) in [6.45, 7) is 13.7. The maximum atomic E-state index is 12.8. The highest BCUT2D eigenvalue weighted by Crippen LogP contribution is 2.11. The average Bonchev–Trinajstić information content (AvgIpc) is 2.53. The molecule has 0 rings (SSSR count). The van der Waals surface area contributed by atoms with Crippen molar-refractivity contribution in [1.29, 1.82) is 0 Å². The zero-order valence-corrected chi connectivity index (χ0v) is 19.2. The van der Waals surface area contributed by atoms with Gasteiger partial charge in [-0.1, -0.05) is 27.7 Å². The van der Waals surface area contributed by atoms with Gasteiger partial charge in [0.05, 0.1) is 6.10 Å². The van der Waals surface area contributed by atoms with E-state index in [1.54, 1.807) is 34.6 Å². The molecule has 0 aromatic rings. The number of primary amides is 1. The molecule has 0 unspecified atom stereocenters. The highest BCUT2D eigenvalue weighted by Gasteiger charge is 2.32. The summed E-state index contributed by atoms with van der Waals surface area (Å²) in [5, 5.41) is 17.2. The van der Waals surface area contributed by atoms with Gasteiger partial charge in [0, 0.05) is 0 Å². The van der Waals surface area contributed by atoms with Crippen molar-refractivity contribution in [1.82, 2.24) is 16.0 Å². The third-order valence-electron chi connectivity index (χ3n) is 4.05. The van der Waals surface area contributed by atoms with Crippen LogP contribution in [-0.4, -0.2) is 58.8 Å². The normalized spacial score (nSPS) is 15.7. The Morgan fingerprint density at radius 2 is 1.43 bits per heavy atom. The van der Waals surface area contributed by atoms with Crippen molar-refractivity contribution < 1.29 is 29.0 Å². The van der Waals surface area contributed by atoms with Crippen LogP contribution < -0.4 is 21.7 Å². The van der Waals surface area contributed by atoms with Crippen LogP contribution in [0.15, 0.2) is 0 Å². The van der Waals surface area contributed by atoms with Gasteiger partial charge in [-0.2, -0.15) is 0 Å². The molecule has 0 bridgehead atoms. The summed E-state index contributed by atoms with van der Waals surface area (Å²) in [5.41, 5.74) is 4.49. The van der Waals surface area contributed by atoms with Gasteiger partial charge < -0.3 is 31.5 Å². The molecule has 0 aromatic heterocycles. The first-order valence-electron chi connectivity index (χ1n) is 10.1. The van der Waals surface area contributed by atoms with Crippen molar-refractivity contribution in [2.45, 2.75) is 91.6 Å². The van der Waals surface area contributed by atoms with Gasteiger partial charge in [-0.05, 0) is 46.0 Å². The summed E-state index contributed by atoms with van der Waals surface area (Å²) < 4.78 is 5.20. The Bertz CT molecular complexity index is 613. The highest BCUT2D eigenvalue weighted by atomic mass is 16.6. The van der Waals surface area contributed by atoms with Gasteiger partial charge in [0.1, 0.15) is 23.7 Å². The van der Waals surface area contributed by atoms with Crippen LogP contribution in [0.4, 0.5) is 4.79 Å². The summed E-state index contributed by atoms with van der Waals surface area (Å²) >= 11 is 0. The zero-order chi connectivity index (χ0) is 23.8. The van der Waals surface area contributed by atoms with Crippen LogP contribution in [0.1, 0.15) is 61.8 Å². The number of rotatable bonds is 10. The average molecular weight is 431 g/mol. The van der Waals surface area contributed by atoms with Gasteiger partial charge in [-0.25, -0.2) is 4.79 Å². The number of aliphatic hydroxyl groups is 1. The van der Waals surface area contributed by atoms with E-state index in [0.717, 1.165) is 0 Å². The van der Waals surface area contributed by atoms with E-state index in [4.69, 9.17) is 10.5 Å². The van der Waals surface area contributed by atoms with Crippen LogP contribution in [0, 0.1) is 11.8 Å². The van der Waals surface area contributed by atoms with Crippen LogP contribution in [0.5, 0.6) is 0 Å². The molecule has 6 N–H and O–H groups in total. The van der Waals surface area contributed by atoms with E-state index in [1.165, 1.54) is 6.92 Å². The molecule has 0 aliphatic carbocycles. The topological polar surface area (TPSA) is 160 Å². The minimum absolute atomic E-state index is 0.0379. The predicted molar refractivity (Wildman–Crippen MR) is 112 cm³/mol. The Balaban J connectivity index is 5.40. The number of hydrogen-bond donors (Lipinski definition) is 5. The Morgan fingerprint density at radius 3 is 1.80 bits per heavy atom. The van der Waals surface area contributed by atoms with Crippen LogP contribution in [0.2, 0.25) is 0 Å². The molecule has 10 nitrogen and oxygen atoms in total. The molecule has 0 saturated heterocycles. The fourth-order valence-electron chi connectivity index (χ4n) is 2.62. The molecule has 0 heterocycles. The first-order chi connectivity index (χ1) is 13.5. The molecule has 0 aromatic carbocycles. The zero-order valence-electron chi connectivity index (χ0n) is 19.2. The number of ether oxygens (including phenoxy) is 1. The van der Waals surface area contributed by atoms with Crippen molar-refractivity contribution in [2.75, 3.05) is 0 Å². The van der Waals surface area contributed by atoms with Crippen molar-refractivity contribution in [3.05, 3.63) is 0 Å². The minimum Gasteiger partial charge on any atom is -0.444 e. The second kappa shape index (κ2) is 11.7. The lowest BCUT2D eigenvalue weighted by Crippen LogP contribution is -2.59. The molecule has 0 aliphatic heterocycles. The van der Waals surface area contributed by atoms with E-state index in [1.807, 2.05) is 13.8 Å². The monoisotopic (exact) mass is 430 g/mol. The molecule has 0 spiro atoms. The molecular weight excluding hydrogens is 392 g/mol. The van der Waals surface area contributed by atoms with Crippen LogP contribution in [-0.2, 0) is 19.1 Å². The van der Waals surface area contributed by atoms with E-state index in [-0.39, 0.29) is 18.3 Å². The van der Waals surface area contributed by atoms with Gasteiger partial charge in [0.15, 0.2) is 0 Å². The van der Waals surface area contributed by atoms with Gasteiger partial charge in [0.2, 0.25) is 17.7 Å². The lowest BCUT2D eigenvalue weighted by Gasteiger charge is -2.28. The number of amides is 4. The first-order valence-corrected chi connectivity index (χ1v) is 10.1. The molecule has 0 aliphatic rings. The Kier molecular flexibility index (Phi) is 10.8. The maximum absolute atomic E-state index is 12.8. The first kappa shape index (κ1) is 27.6. The van der Waals surface area contributed by atoms with E-state index >= 15 is 0 Å². The molecule has 0 saturated carbocycles. The van der Waals surface area contributed by atoms with Crippen molar-refractivity contribution in [3.8, 4) is 0 Å². The van der Waals surface area contributed by atoms with E-state index in [2.05, 4.69) is 16.0 Å². The molecule has 4 atom stereocenters.